The third-order valence-electron chi connectivity index (χ3n) is 3.99. The molecule has 0 amide bonds. The lowest BCUT2D eigenvalue weighted by Gasteiger charge is -2.06. The van der Waals surface area contributed by atoms with E-state index in [0.29, 0.717) is 20.7 Å². The molecule has 1 N–H and O–H groups in total. The molecule has 3 aromatic rings. The van der Waals surface area contributed by atoms with E-state index in [-0.39, 0.29) is 24.3 Å². The van der Waals surface area contributed by atoms with Crippen LogP contribution in [0.2, 0.25) is 0 Å². The minimum atomic E-state index is -1.01. The van der Waals surface area contributed by atoms with Crippen LogP contribution in [-0.2, 0) is 11.3 Å². The zero-order chi connectivity index (χ0) is 19.6. The number of rotatable bonds is 6. The van der Waals surface area contributed by atoms with Crippen molar-refractivity contribution in [1.82, 2.24) is 9.55 Å². The van der Waals surface area contributed by atoms with Crippen molar-refractivity contribution in [3.63, 3.8) is 0 Å². The number of hydrogen-bond acceptors (Lipinski definition) is 6. The highest BCUT2D eigenvalue weighted by Gasteiger charge is 2.20. The Morgan fingerprint density at radius 1 is 1.33 bits per heavy atom. The molecule has 2 aromatic heterocycles. The van der Waals surface area contributed by atoms with Gasteiger partial charge in [0.25, 0.3) is 5.56 Å². The Kier molecular flexibility index (Phi) is 5.18. The maximum atomic E-state index is 12.8. The molecule has 0 aliphatic rings. The highest BCUT2D eigenvalue weighted by Crippen LogP contribution is 2.27. The molecule has 2 heterocycles. The van der Waals surface area contributed by atoms with Gasteiger partial charge in [0, 0.05) is 0 Å². The molecule has 0 atom stereocenters. The molecule has 0 bridgehead atoms. The molecule has 0 saturated carbocycles. The van der Waals surface area contributed by atoms with E-state index in [0.717, 1.165) is 16.9 Å². The normalized spacial score (nSPS) is 10.7. The Morgan fingerprint density at radius 2 is 2.04 bits per heavy atom. The smallest absolute Gasteiger partial charge is 0.348 e. The minimum Gasteiger partial charge on any atom is -0.478 e. The molecule has 3 rings (SSSR count). The molecule has 0 radical (unpaired) electrons. The molecule has 138 valence electrons. The second-order valence-corrected chi connectivity index (χ2v) is 6.80. The van der Waals surface area contributed by atoms with Gasteiger partial charge >= 0.3 is 11.9 Å². The lowest BCUT2D eigenvalue weighted by Crippen LogP contribution is -2.21. The first kappa shape index (κ1) is 18.5. The predicted molar refractivity (Wildman–Crippen MR) is 102 cm³/mol. The lowest BCUT2D eigenvalue weighted by atomic mass is 10.1. The van der Waals surface area contributed by atoms with E-state index in [1.165, 1.54) is 29.1 Å². The minimum absolute atomic E-state index is 0.0938. The molecule has 0 aliphatic carbocycles. The highest BCUT2D eigenvalue weighted by molar-refractivity contribution is 7.20. The van der Waals surface area contributed by atoms with Crippen LogP contribution in [0.3, 0.4) is 0 Å². The number of aromatic nitrogens is 2. The van der Waals surface area contributed by atoms with Crippen LogP contribution in [0.1, 0.15) is 31.2 Å². The first-order valence-corrected chi connectivity index (χ1v) is 8.82. The van der Waals surface area contributed by atoms with Gasteiger partial charge in [-0.15, -0.1) is 11.3 Å². The van der Waals surface area contributed by atoms with Crippen LogP contribution in [0.15, 0.2) is 48.0 Å². The Bertz CT molecular complexity index is 1100. The van der Waals surface area contributed by atoms with E-state index in [9.17, 15) is 14.4 Å². The molecule has 0 spiro atoms. The number of aromatic carboxylic acids is 1. The number of carbonyl (C=O) groups is 2. The van der Waals surface area contributed by atoms with E-state index in [1.54, 1.807) is 19.1 Å². The van der Waals surface area contributed by atoms with Crippen molar-refractivity contribution in [1.29, 1.82) is 0 Å². The van der Waals surface area contributed by atoms with E-state index >= 15 is 0 Å². The summed E-state index contributed by atoms with van der Waals surface area (Å²) in [5, 5.41) is 9.34. The Balaban J connectivity index is 1.96. The molecule has 8 heteroatoms. The maximum Gasteiger partial charge on any atom is 0.348 e. The first-order valence-electron chi connectivity index (χ1n) is 8.01. The van der Waals surface area contributed by atoms with Crippen molar-refractivity contribution in [3.05, 3.63) is 75.2 Å². The topological polar surface area (TPSA) is 98.5 Å². The summed E-state index contributed by atoms with van der Waals surface area (Å²) in [4.78, 5) is 41.0. The average molecular weight is 384 g/mol. The van der Waals surface area contributed by atoms with Gasteiger partial charge in [-0.2, -0.15) is 0 Å². The molecule has 1 aromatic carbocycles. The molecule has 0 unspecified atom stereocenters. The number of nitrogens with zero attached hydrogens (tertiary/aromatic N) is 2. The fourth-order valence-corrected chi connectivity index (χ4v) is 3.65. The quantitative estimate of drug-likeness (QED) is 0.518. The number of thiophene rings is 1. The van der Waals surface area contributed by atoms with Gasteiger partial charge in [-0.05, 0) is 30.2 Å². The SMILES string of the molecule is C=CCOC(=O)c1sc2ncn(Cc3ccc(C(=O)O)cc3)c(=O)c2c1C. The van der Waals surface area contributed by atoms with Crippen LogP contribution in [0, 0.1) is 6.92 Å². The summed E-state index contributed by atoms with van der Waals surface area (Å²) in [6.45, 7) is 5.53. The van der Waals surface area contributed by atoms with E-state index in [4.69, 9.17) is 9.84 Å². The predicted octanol–water partition coefficient (Wildman–Crippen LogP) is 2.86. The summed E-state index contributed by atoms with van der Waals surface area (Å²) in [5.41, 5.74) is 1.22. The third-order valence-corrected chi connectivity index (χ3v) is 5.17. The van der Waals surface area contributed by atoms with Crippen molar-refractivity contribution < 1.29 is 19.4 Å². The number of ether oxygens (including phenoxy) is 1. The molecule has 27 heavy (non-hydrogen) atoms. The van der Waals surface area contributed by atoms with E-state index in [1.807, 2.05) is 0 Å². The lowest BCUT2D eigenvalue weighted by molar-refractivity contribution is 0.0554. The van der Waals surface area contributed by atoms with Gasteiger partial charge in [-0.25, -0.2) is 14.6 Å². The number of esters is 1. The van der Waals surface area contributed by atoms with Gasteiger partial charge < -0.3 is 9.84 Å². The molecule has 7 nitrogen and oxygen atoms in total. The van der Waals surface area contributed by atoms with Crippen LogP contribution in [0.5, 0.6) is 0 Å². The summed E-state index contributed by atoms with van der Waals surface area (Å²) in [5.74, 6) is -1.52. The summed E-state index contributed by atoms with van der Waals surface area (Å²) in [6, 6.07) is 6.27. The summed E-state index contributed by atoms with van der Waals surface area (Å²) in [6.07, 6.45) is 2.89. The average Bonchev–Trinajstić information content (AvgIpc) is 3.00. The van der Waals surface area contributed by atoms with E-state index < -0.39 is 11.9 Å². The molecule has 0 aliphatic heterocycles. The number of benzene rings is 1. The maximum absolute atomic E-state index is 12.8. The summed E-state index contributed by atoms with van der Waals surface area (Å²) in [7, 11) is 0. The monoisotopic (exact) mass is 384 g/mol. The standard InChI is InChI=1S/C19H16N2O5S/c1-3-8-26-19(25)15-11(2)14-16(27-15)20-10-21(17(14)22)9-12-4-6-13(7-5-12)18(23)24/h3-7,10H,1,8-9H2,2H3,(H,23,24). The summed E-state index contributed by atoms with van der Waals surface area (Å²) < 4.78 is 6.48. The summed E-state index contributed by atoms with van der Waals surface area (Å²) >= 11 is 1.12. The molecule has 0 saturated heterocycles. The van der Waals surface area contributed by atoms with Crippen LogP contribution in [0.25, 0.3) is 10.2 Å². The third kappa shape index (κ3) is 3.65. The van der Waals surface area contributed by atoms with Gasteiger partial charge in [0.2, 0.25) is 0 Å². The molecular formula is C19H16N2O5S. The Hall–Kier alpha value is -3.26. The van der Waals surface area contributed by atoms with Crippen molar-refractivity contribution in [2.75, 3.05) is 6.61 Å². The second-order valence-electron chi connectivity index (χ2n) is 5.80. The van der Waals surface area contributed by atoms with E-state index in [2.05, 4.69) is 11.6 Å². The number of carboxylic acids is 1. The fraction of sp³-hybridized carbons (Fsp3) is 0.158. The van der Waals surface area contributed by atoms with Gasteiger partial charge in [0.1, 0.15) is 16.3 Å². The van der Waals surface area contributed by atoms with Crippen LogP contribution >= 0.6 is 11.3 Å². The second kappa shape index (κ2) is 7.55. The van der Waals surface area contributed by atoms with Gasteiger partial charge in [-0.3, -0.25) is 9.36 Å². The largest absolute Gasteiger partial charge is 0.478 e. The number of aryl methyl sites for hydroxylation is 1. The first-order chi connectivity index (χ1) is 12.9. The zero-order valence-corrected chi connectivity index (χ0v) is 15.3. The molecular weight excluding hydrogens is 368 g/mol. The fourth-order valence-electron chi connectivity index (χ4n) is 2.62. The van der Waals surface area contributed by atoms with Crippen LogP contribution < -0.4 is 5.56 Å². The zero-order valence-electron chi connectivity index (χ0n) is 14.5. The van der Waals surface area contributed by atoms with Crippen molar-refractivity contribution in [2.45, 2.75) is 13.5 Å². The number of fused-ring (bicyclic) bond motifs is 1. The number of carbonyl (C=O) groups excluding carboxylic acids is 1. The van der Waals surface area contributed by atoms with Gasteiger partial charge in [0.15, 0.2) is 0 Å². The van der Waals surface area contributed by atoms with Crippen LogP contribution in [0.4, 0.5) is 0 Å². The Morgan fingerprint density at radius 3 is 2.67 bits per heavy atom. The highest BCUT2D eigenvalue weighted by atomic mass is 32.1. The Labute approximate surface area is 158 Å². The van der Waals surface area contributed by atoms with Gasteiger partial charge in [0.05, 0.1) is 23.8 Å². The number of carboxylic acid groups (broad SMARTS) is 1. The van der Waals surface area contributed by atoms with Crippen molar-refractivity contribution in [3.8, 4) is 0 Å². The molecule has 0 fully saturated rings. The van der Waals surface area contributed by atoms with Crippen molar-refractivity contribution >= 4 is 33.5 Å². The van der Waals surface area contributed by atoms with Crippen molar-refractivity contribution in [2.24, 2.45) is 0 Å². The van der Waals surface area contributed by atoms with Gasteiger partial charge in [-0.1, -0.05) is 24.8 Å². The van der Waals surface area contributed by atoms with Crippen LogP contribution in [-0.4, -0.2) is 33.2 Å². The number of hydrogen-bond donors (Lipinski definition) is 1.